The maximum Gasteiger partial charge on any atom is -0.0417 e. The minimum Gasteiger partial charge on any atom is -0.0776 e. The third-order valence-electron chi connectivity index (χ3n) is 2.51. The fraction of sp³-hybridized carbons (Fsp3) is 1.00. The summed E-state index contributed by atoms with van der Waals surface area (Å²) in [4.78, 5) is 0. The first kappa shape index (κ1) is 14.5. The normalized spacial score (nSPS) is 10.0. The third-order valence-corrected chi connectivity index (χ3v) is 2.51. The van der Waals surface area contributed by atoms with Crippen LogP contribution in [0, 0.1) is 5.92 Å². The summed E-state index contributed by atoms with van der Waals surface area (Å²) in [5.41, 5.74) is 0. The standard InChI is InChI=1S/C11H24.CH4/c1-4-7-9-11(6-3)10-8-5-2;/h11H,4-10H2,1-3H3;1H4. The Labute approximate surface area is 79.8 Å². The van der Waals surface area contributed by atoms with Gasteiger partial charge in [-0.2, -0.15) is 0 Å². The second-order valence-electron chi connectivity index (χ2n) is 3.56. The summed E-state index contributed by atoms with van der Waals surface area (Å²) >= 11 is 0. The molecule has 0 bridgehead atoms. The van der Waals surface area contributed by atoms with E-state index < -0.39 is 0 Å². The van der Waals surface area contributed by atoms with Crippen molar-refractivity contribution in [2.75, 3.05) is 0 Å². The van der Waals surface area contributed by atoms with Gasteiger partial charge in [0.1, 0.15) is 0 Å². The first-order valence-corrected chi connectivity index (χ1v) is 5.35. The van der Waals surface area contributed by atoms with Crippen LogP contribution < -0.4 is 0 Å². The molecule has 0 fully saturated rings. The summed E-state index contributed by atoms with van der Waals surface area (Å²) < 4.78 is 0. The lowest BCUT2D eigenvalue weighted by Gasteiger charge is -2.12. The van der Waals surface area contributed by atoms with E-state index in [4.69, 9.17) is 0 Å². The third kappa shape index (κ3) is 8.10. The van der Waals surface area contributed by atoms with Gasteiger partial charge in [0.2, 0.25) is 0 Å². The number of rotatable bonds is 7. The van der Waals surface area contributed by atoms with E-state index in [1.54, 1.807) is 0 Å². The van der Waals surface area contributed by atoms with Gasteiger partial charge >= 0.3 is 0 Å². The van der Waals surface area contributed by atoms with Gasteiger partial charge in [0.25, 0.3) is 0 Å². The second-order valence-corrected chi connectivity index (χ2v) is 3.56. The van der Waals surface area contributed by atoms with Gasteiger partial charge in [0, 0.05) is 0 Å². The van der Waals surface area contributed by atoms with E-state index in [2.05, 4.69) is 20.8 Å². The smallest absolute Gasteiger partial charge is 0.0417 e. The molecule has 0 radical (unpaired) electrons. The van der Waals surface area contributed by atoms with Gasteiger partial charge in [0.05, 0.1) is 0 Å². The molecule has 0 heterocycles. The van der Waals surface area contributed by atoms with E-state index >= 15 is 0 Å². The molecule has 0 saturated carbocycles. The van der Waals surface area contributed by atoms with Crippen LogP contribution in [0.1, 0.15) is 73.1 Å². The maximum absolute atomic E-state index is 2.33. The molecule has 0 aliphatic rings. The minimum absolute atomic E-state index is 0. The Bertz CT molecular complexity index is 58.4. The number of unbranched alkanes of at least 4 members (excludes halogenated alkanes) is 2. The topological polar surface area (TPSA) is 0 Å². The molecule has 0 aromatic heterocycles. The van der Waals surface area contributed by atoms with Gasteiger partial charge in [-0.05, 0) is 5.92 Å². The Morgan fingerprint density at radius 1 is 0.833 bits per heavy atom. The lowest BCUT2D eigenvalue weighted by atomic mass is 9.94. The van der Waals surface area contributed by atoms with E-state index in [0.29, 0.717) is 0 Å². The molecule has 0 atom stereocenters. The molecule has 0 aliphatic heterocycles. The van der Waals surface area contributed by atoms with Crippen molar-refractivity contribution < 1.29 is 0 Å². The minimum atomic E-state index is 0. The Balaban J connectivity index is 0. The molecule has 0 aliphatic carbocycles. The first-order valence-electron chi connectivity index (χ1n) is 5.35. The van der Waals surface area contributed by atoms with Crippen molar-refractivity contribution in [1.82, 2.24) is 0 Å². The fourth-order valence-electron chi connectivity index (χ4n) is 1.54. The first-order chi connectivity index (χ1) is 5.35. The Hall–Kier alpha value is 0. The van der Waals surface area contributed by atoms with Crippen LogP contribution in [0.3, 0.4) is 0 Å². The zero-order valence-electron chi connectivity index (χ0n) is 8.53. The Morgan fingerprint density at radius 3 is 1.50 bits per heavy atom. The van der Waals surface area contributed by atoms with Crippen LogP contribution in [0.25, 0.3) is 0 Å². The summed E-state index contributed by atoms with van der Waals surface area (Å²) in [6.45, 7) is 6.90. The molecular weight excluding hydrogens is 144 g/mol. The molecule has 0 aromatic carbocycles. The highest BCUT2D eigenvalue weighted by molar-refractivity contribution is 4.56. The van der Waals surface area contributed by atoms with Gasteiger partial charge in [-0.1, -0.05) is 73.1 Å². The molecule has 0 heteroatoms. The van der Waals surface area contributed by atoms with Crippen molar-refractivity contribution in [1.29, 1.82) is 0 Å². The summed E-state index contributed by atoms with van der Waals surface area (Å²) in [6, 6.07) is 0. The number of hydrogen-bond acceptors (Lipinski definition) is 0. The molecule has 76 valence electrons. The van der Waals surface area contributed by atoms with Crippen molar-refractivity contribution in [3.63, 3.8) is 0 Å². The summed E-state index contributed by atoms with van der Waals surface area (Å²) in [7, 11) is 0. The molecular formula is C12H28. The maximum atomic E-state index is 2.33. The van der Waals surface area contributed by atoms with Gasteiger partial charge in [-0.15, -0.1) is 0 Å². The molecule has 0 aromatic rings. The van der Waals surface area contributed by atoms with Gasteiger partial charge in [-0.3, -0.25) is 0 Å². The van der Waals surface area contributed by atoms with Crippen LogP contribution in [0.15, 0.2) is 0 Å². The fourth-order valence-corrected chi connectivity index (χ4v) is 1.54. The van der Waals surface area contributed by atoms with Crippen LogP contribution in [0.2, 0.25) is 0 Å². The average molecular weight is 172 g/mol. The SMILES string of the molecule is C.CCCCC(CC)CCCC. The second kappa shape index (κ2) is 11.0. The molecule has 0 nitrogen and oxygen atoms in total. The van der Waals surface area contributed by atoms with Crippen molar-refractivity contribution in [3.05, 3.63) is 0 Å². The van der Waals surface area contributed by atoms with E-state index in [-0.39, 0.29) is 7.43 Å². The highest BCUT2D eigenvalue weighted by Gasteiger charge is 2.03. The van der Waals surface area contributed by atoms with Crippen molar-refractivity contribution in [2.45, 2.75) is 73.1 Å². The Kier molecular flexibility index (Phi) is 13.3. The van der Waals surface area contributed by atoms with E-state index in [0.717, 1.165) is 5.92 Å². The van der Waals surface area contributed by atoms with Crippen LogP contribution in [-0.2, 0) is 0 Å². The largest absolute Gasteiger partial charge is 0.0776 e. The average Bonchev–Trinajstić information content (AvgIpc) is 2.05. The lowest BCUT2D eigenvalue weighted by molar-refractivity contribution is 0.408. The van der Waals surface area contributed by atoms with E-state index in [1.807, 2.05) is 0 Å². The summed E-state index contributed by atoms with van der Waals surface area (Å²) in [5, 5.41) is 0. The highest BCUT2D eigenvalue weighted by atomic mass is 14.1. The van der Waals surface area contributed by atoms with Crippen molar-refractivity contribution >= 4 is 0 Å². The highest BCUT2D eigenvalue weighted by Crippen LogP contribution is 2.18. The van der Waals surface area contributed by atoms with Crippen molar-refractivity contribution in [3.8, 4) is 0 Å². The van der Waals surface area contributed by atoms with Gasteiger partial charge in [-0.25, -0.2) is 0 Å². The van der Waals surface area contributed by atoms with Gasteiger partial charge in [0.15, 0.2) is 0 Å². The molecule has 0 unspecified atom stereocenters. The molecule has 0 rings (SSSR count). The monoisotopic (exact) mass is 172 g/mol. The predicted octanol–water partition coefficient (Wildman–Crippen LogP) is 5.03. The van der Waals surface area contributed by atoms with E-state index in [9.17, 15) is 0 Å². The summed E-state index contributed by atoms with van der Waals surface area (Å²) in [5.74, 6) is 1.02. The van der Waals surface area contributed by atoms with Gasteiger partial charge < -0.3 is 0 Å². The molecule has 0 N–H and O–H groups in total. The van der Waals surface area contributed by atoms with Crippen LogP contribution >= 0.6 is 0 Å². The zero-order valence-corrected chi connectivity index (χ0v) is 8.53. The molecule has 0 spiro atoms. The lowest BCUT2D eigenvalue weighted by Crippen LogP contribution is -1.98. The van der Waals surface area contributed by atoms with Crippen LogP contribution in [0.5, 0.6) is 0 Å². The van der Waals surface area contributed by atoms with Crippen molar-refractivity contribution in [2.24, 2.45) is 5.92 Å². The molecule has 12 heavy (non-hydrogen) atoms. The quantitative estimate of drug-likeness (QED) is 0.505. The van der Waals surface area contributed by atoms with E-state index in [1.165, 1.54) is 44.9 Å². The predicted molar refractivity (Wildman–Crippen MR) is 59.6 cm³/mol. The number of hydrogen-bond donors (Lipinski definition) is 0. The molecule has 0 saturated heterocycles. The molecule has 0 amide bonds. The zero-order chi connectivity index (χ0) is 8.53. The Morgan fingerprint density at radius 2 is 1.25 bits per heavy atom. The van der Waals surface area contributed by atoms with Crippen LogP contribution in [0.4, 0.5) is 0 Å². The summed E-state index contributed by atoms with van der Waals surface area (Å²) in [6.07, 6.45) is 9.91. The van der Waals surface area contributed by atoms with Crippen LogP contribution in [-0.4, -0.2) is 0 Å².